The number of carbonyl (C=O) groups excluding carboxylic acids is 3. The second kappa shape index (κ2) is 12.9. The van der Waals surface area contributed by atoms with Crippen LogP contribution in [-0.2, 0) is 25.4 Å². The van der Waals surface area contributed by atoms with Crippen molar-refractivity contribution in [2.24, 2.45) is 5.73 Å². The predicted octanol–water partition coefficient (Wildman–Crippen LogP) is 0.662. The Bertz CT molecular complexity index is 1400. The highest BCUT2D eigenvalue weighted by Crippen LogP contribution is 2.49. The summed E-state index contributed by atoms with van der Waals surface area (Å²) in [6.45, 7) is 0.552. The number of nitrogens with two attached hydrogens (primary N) is 1. The summed E-state index contributed by atoms with van der Waals surface area (Å²) in [7, 11) is 0. The van der Waals surface area contributed by atoms with Gasteiger partial charge in [-0.05, 0) is 31.5 Å². The zero-order valence-electron chi connectivity index (χ0n) is 23.5. The van der Waals surface area contributed by atoms with Crippen LogP contribution in [0.4, 0.5) is 0 Å². The van der Waals surface area contributed by atoms with Crippen molar-refractivity contribution in [2.45, 2.75) is 69.4 Å². The van der Waals surface area contributed by atoms with Crippen LogP contribution in [0.5, 0.6) is 11.5 Å². The van der Waals surface area contributed by atoms with Gasteiger partial charge in [0.25, 0.3) is 0 Å². The minimum atomic E-state index is -1.61. The maximum atomic E-state index is 13.9. The molecule has 2 aliphatic carbocycles. The SMILES string of the molecule is CC(=O)C1(OCO)Cc2c(cc3c(c2OCO)C(=O)c2cccc(OCO)c2C3=O)C(O[C@H]2C[C@H](N)[C@@H](O)[C@@H](C)O2)C1.Cl. The molecule has 1 aliphatic heterocycles. The van der Waals surface area contributed by atoms with E-state index in [1.165, 1.54) is 31.2 Å². The normalized spacial score (nSPS) is 27.8. The number of hydrogen-bond donors (Lipinski definition) is 5. The third-order valence-corrected chi connectivity index (χ3v) is 8.19. The predicted molar refractivity (Wildman–Crippen MR) is 149 cm³/mol. The number of aliphatic hydroxyl groups is 4. The molecule has 0 amide bonds. The fourth-order valence-electron chi connectivity index (χ4n) is 6.08. The molecule has 234 valence electrons. The van der Waals surface area contributed by atoms with E-state index in [-0.39, 0.29) is 71.0 Å². The lowest BCUT2D eigenvalue weighted by Crippen LogP contribution is -2.53. The fourth-order valence-corrected chi connectivity index (χ4v) is 6.08. The topological polar surface area (TPSA) is 204 Å². The molecular formula is C29H34ClNO12. The maximum Gasteiger partial charge on any atom is 0.198 e. The fraction of sp³-hybridized carbons (Fsp3) is 0.483. The number of aliphatic hydroxyl groups excluding tert-OH is 4. The number of Topliss-reactive ketones (excluding diaryl/α,β-unsaturated/α-hetero) is 1. The van der Waals surface area contributed by atoms with Gasteiger partial charge in [0.2, 0.25) is 0 Å². The lowest BCUT2D eigenvalue weighted by Gasteiger charge is -2.43. The van der Waals surface area contributed by atoms with E-state index >= 15 is 0 Å². The van der Waals surface area contributed by atoms with Gasteiger partial charge in [-0.25, -0.2) is 0 Å². The molecule has 0 radical (unpaired) electrons. The molecule has 1 heterocycles. The summed E-state index contributed by atoms with van der Waals surface area (Å²) in [6, 6.07) is 5.20. The van der Waals surface area contributed by atoms with Gasteiger partial charge in [0.05, 0.1) is 29.4 Å². The third-order valence-electron chi connectivity index (χ3n) is 8.19. The van der Waals surface area contributed by atoms with E-state index in [1.54, 1.807) is 6.92 Å². The van der Waals surface area contributed by atoms with Crippen LogP contribution in [0.15, 0.2) is 24.3 Å². The smallest absolute Gasteiger partial charge is 0.198 e. The molecule has 0 saturated carbocycles. The van der Waals surface area contributed by atoms with Crippen molar-refractivity contribution >= 4 is 29.8 Å². The molecule has 3 aliphatic rings. The van der Waals surface area contributed by atoms with Crippen LogP contribution < -0.4 is 15.2 Å². The second-order valence-electron chi connectivity index (χ2n) is 10.6. The summed E-state index contributed by atoms with van der Waals surface area (Å²) in [5, 5.41) is 39.2. The third kappa shape index (κ3) is 5.68. The molecule has 6 atom stereocenters. The number of carbonyl (C=O) groups is 3. The first-order valence-corrected chi connectivity index (χ1v) is 13.5. The first kappa shape index (κ1) is 32.9. The van der Waals surface area contributed by atoms with Crippen LogP contribution in [0.3, 0.4) is 0 Å². The Morgan fingerprint density at radius 2 is 1.77 bits per heavy atom. The Morgan fingerprint density at radius 3 is 2.40 bits per heavy atom. The van der Waals surface area contributed by atoms with Crippen LogP contribution >= 0.6 is 12.4 Å². The number of ether oxygens (including phenoxy) is 5. The van der Waals surface area contributed by atoms with Gasteiger partial charge < -0.3 is 49.8 Å². The van der Waals surface area contributed by atoms with E-state index in [9.17, 15) is 34.8 Å². The molecule has 43 heavy (non-hydrogen) atoms. The van der Waals surface area contributed by atoms with Crippen molar-refractivity contribution in [1.82, 2.24) is 0 Å². The zero-order chi connectivity index (χ0) is 30.3. The van der Waals surface area contributed by atoms with Gasteiger partial charge in [0, 0.05) is 42.0 Å². The summed E-state index contributed by atoms with van der Waals surface area (Å²) >= 11 is 0. The van der Waals surface area contributed by atoms with Gasteiger partial charge in [-0.1, -0.05) is 12.1 Å². The first-order valence-electron chi connectivity index (χ1n) is 13.5. The van der Waals surface area contributed by atoms with E-state index < -0.39 is 74.0 Å². The monoisotopic (exact) mass is 623 g/mol. The standard InChI is InChI=1S/C29H33NO12.ClH/c1-13-25(35)19(30)7-22(41-13)42-21-9-29(14(2)34,40-12-33)8-18-16(21)6-17-24(28(18)39-11-32)26(36)15-4-3-5-20(38-10-31)23(15)27(17)37;/h3-6,13,19,21-22,25,31-33,35H,7-12,30H2,1-2H3;1H/t13-,19+,21?,22+,25+,29?;/m1./s1. The van der Waals surface area contributed by atoms with E-state index in [4.69, 9.17) is 29.4 Å². The Hall–Kier alpha value is -2.98. The van der Waals surface area contributed by atoms with E-state index in [2.05, 4.69) is 0 Å². The molecule has 0 aromatic heterocycles. The lowest BCUT2D eigenvalue weighted by atomic mass is 9.72. The van der Waals surface area contributed by atoms with Crippen LogP contribution in [0.25, 0.3) is 0 Å². The number of rotatable bonds is 9. The molecule has 14 heteroatoms. The Morgan fingerprint density at radius 1 is 1.07 bits per heavy atom. The zero-order valence-corrected chi connectivity index (χ0v) is 24.3. The van der Waals surface area contributed by atoms with Crippen LogP contribution in [0.1, 0.15) is 75.8 Å². The van der Waals surface area contributed by atoms with Crippen LogP contribution in [-0.4, -0.2) is 88.3 Å². The van der Waals surface area contributed by atoms with Crippen molar-refractivity contribution in [3.8, 4) is 11.5 Å². The van der Waals surface area contributed by atoms with Crippen molar-refractivity contribution in [3.05, 3.63) is 57.6 Å². The number of hydrogen-bond acceptors (Lipinski definition) is 13. The van der Waals surface area contributed by atoms with Gasteiger partial charge in [0.15, 0.2) is 37.2 Å². The van der Waals surface area contributed by atoms with Crippen LogP contribution in [0, 0.1) is 0 Å². The molecule has 0 bridgehead atoms. The molecule has 2 aromatic carbocycles. The molecule has 2 aromatic rings. The summed E-state index contributed by atoms with van der Waals surface area (Å²) in [6.07, 6.45) is -3.65. The average Bonchev–Trinajstić information content (AvgIpc) is 2.95. The van der Waals surface area contributed by atoms with Crippen molar-refractivity contribution in [2.75, 3.05) is 20.4 Å². The maximum absolute atomic E-state index is 13.9. The van der Waals surface area contributed by atoms with Crippen molar-refractivity contribution in [1.29, 1.82) is 0 Å². The summed E-state index contributed by atoms with van der Waals surface area (Å²) in [5.74, 6) is -1.74. The van der Waals surface area contributed by atoms with Crippen molar-refractivity contribution < 1.29 is 58.5 Å². The second-order valence-corrected chi connectivity index (χ2v) is 10.6. The summed E-state index contributed by atoms with van der Waals surface area (Å²) in [5.41, 5.74) is 4.90. The minimum Gasteiger partial charge on any atom is -0.467 e. The Balaban J connectivity index is 0.00000423. The van der Waals surface area contributed by atoms with Gasteiger partial charge in [0.1, 0.15) is 23.9 Å². The molecular weight excluding hydrogens is 590 g/mol. The Kier molecular flexibility index (Phi) is 9.91. The molecule has 5 rings (SSSR count). The van der Waals surface area contributed by atoms with E-state index in [0.29, 0.717) is 5.56 Å². The summed E-state index contributed by atoms with van der Waals surface area (Å²) < 4.78 is 28.6. The van der Waals surface area contributed by atoms with Crippen molar-refractivity contribution in [3.63, 3.8) is 0 Å². The van der Waals surface area contributed by atoms with Gasteiger partial charge >= 0.3 is 0 Å². The Labute approximate surface area is 252 Å². The molecule has 13 nitrogen and oxygen atoms in total. The quantitative estimate of drug-likeness (QED) is 0.208. The number of halogens is 1. The van der Waals surface area contributed by atoms with Gasteiger partial charge in [-0.15, -0.1) is 12.4 Å². The number of benzene rings is 2. The molecule has 2 unspecified atom stereocenters. The van der Waals surface area contributed by atoms with Gasteiger partial charge in [-0.3, -0.25) is 14.4 Å². The minimum absolute atomic E-state index is 0. The molecule has 6 N–H and O–H groups in total. The number of fused-ring (bicyclic) bond motifs is 3. The lowest BCUT2D eigenvalue weighted by molar-refractivity contribution is -0.250. The van der Waals surface area contributed by atoms with E-state index in [1.807, 2.05) is 0 Å². The van der Waals surface area contributed by atoms with Gasteiger partial charge in [-0.2, -0.15) is 0 Å². The molecule has 1 fully saturated rings. The number of ketones is 3. The highest BCUT2D eigenvalue weighted by atomic mass is 35.5. The van der Waals surface area contributed by atoms with E-state index in [0.717, 1.165) is 0 Å². The summed E-state index contributed by atoms with van der Waals surface area (Å²) in [4.78, 5) is 40.8. The molecule has 1 saturated heterocycles. The first-order chi connectivity index (χ1) is 20.1. The largest absolute Gasteiger partial charge is 0.467 e. The highest BCUT2D eigenvalue weighted by Gasteiger charge is 2.49. The average molecular weight is 624 g/mol. The molecule has 0 spiro atoms. The highest BCUT2D eigenvalue weighted by molar-refractivity contribution is 6.30. The van der Waals surface area contributed by atoms with Crippen LogP contribution in [0.2, 0.25) is 0 Å².